The van der Waals surface area contributed by atoms with Gasteiger partial charge in [-0.25, -0.2) is 4.98 Å². The van der Waals surface area contributed by atoms with Gasteiger partial charge in [-0.2, -0.15) is 0 Å². The van der Waals surface area contributed by atoms with E-state index in [4.69, 9.17) is 11.6 Å². The van der Waals surface area contributed by atoms with Crippen LogP contribution in [0.5, 0.6) is 5.75 Å². The number of fused-ring (bicyclic) bond motifs is 1. The molecular weight excluding hydrogens is 415 g/mol. The molecule has 1 aromatic carbocycles. The Kier molecular flexibility index (Phi) is 5.24. The van der Waals surface area contributed by atoms with Crippen molar-refractivity contribution in [1.82, 2.24) is 15.2 Å². The molecule has 2 aliphatic rings. The predicted molar refractivity (Wildman–Crippen MR) is 98.3 cm³/mol. The monoisotopic (exact) mass is 431 g/mol. The van der Waals surface area contributed by atoms with Gasteiger partial charge in [-0.1, -0.05) is 17.7 Å². The first-order valence-corrected chi connectivity index (χ1v) is 9.94. The number of carbonyl (C=O) groups excluding carboxylic acids is 1. The van der Waals surface area contributed by atoms with E-state index in [9.17, 15) is 18.0 Å². The largest absolute Gasteiger partial charge is 0.573 e. The van der Waals surface area contributed by atoms with Crippen molar-refractivity contribution in [3.05, 3.63) is 45.4 Å². The van der Waals surface area contributed by atoms with Gasteiger partial charge in [0.1, 0.15) is 5.75 Å². The number of amides is 1. The number of nitrogens with zero attached hydrogens (tertiary/aromatic N) is 2. The van der Waals surface area contributed by atoms with Gasteiger partial charge in [-0.05, 0) is 36.0 Å². The smallest absolute Gasteiger partial charge is 0.406 e. The maximum Gasteiger partial charge on any atom is 0.573 e. The van der Waals surface area contributed by atoms with Gasteiger partial charge in [-0.15, -0.1) is 24.5 Å². The van der Waals surface area contributed by atoms with Crippen molar-refractivity contribution in [2.75, 3.05) is 19.6 Å². The van der Waals surface area contributed by atoms with Crippen LogP contribution < -0.4 is 10.1 Å². The summed E-state index contributed by atoms with van der Waals surface area (Å²) in [6.45, 7) is 3.30. The zero-order valence-corrected chi connectivity index (χ0v) is 16.2. The number of halogens is 4. The van der Waals surface area contributed by atoms with Crippen LogP contribution in [0.2, 0.25) is 4.47 Å². The number of thiazole rings is 1. The van der Waals surface area contributed by atoms with Crippen molar-refractivity contribution in [2.45, 2.75) is 12.9 Å². The van der Waals surface area contributed by atoms with Gasteiger partial charge in [0.15, 0.2) is 4.47 Å². The maximum atomic E-state index is 12.3. The SMILES string of the molecule is O=C(NCC1C2CN(Cc3cnc(Cl)s3)CC12)c1cccc(OC(F)(F)F)c1. The number of benzene rings is 1. The first kappa shape index (κ1) is 19.5. The molecule has 1 saturated carbocycles. The van der Waals surface area contributed by atoms with Crippen molar-refractivity contribution < 1.29 is 22.7 Å². The van der Waals surface area contributed by atoms with E-state index in [2.05, 4.69) is 19.9 Å². The van der Waals surface area contributed by atoms with Crippen molar-refractivity contribution in [3.63, 3.8) is 0 Å². The summed E-state index contributed by atoms with van der Waals surface area (Å²) < 4.78 is 41.3. The van der Waals surface area contributed by atoms with E-state index < -0.39 is 18.0 Å². The summed E-state index contributed by atoms with van der Waals surface area (Å²) in [5.41, 5.74) is 0.149. The lowest BCUT2D eigenvalue weighted by atomic mass is 10.2. The van der Waals surface area contributed by atoms with E-state index >= 15 is 0 Å². The summed E-state index contributed by atoms with van der Waals surface area (Å²) in [5, 5.41) is 2.83. The minimum atomic E-state index is -4.78. The summed E-state index contributed by atoms with van der Waals surface area (Å²) in [5.74, 6) is 0.711. The molecule has 0 spiro atoms. The highest BCUT2D eigenvalue weighted by atomic mass is 35.5. The molecule has 1 aromatic heterocycles. The number of nitrogens with one attached hydrogen (secondary N) is 1. The molecule has 2 atom stereocenters. The highest BCUT2D eigenvalue weighted by Crippen LogP contribution is 2.51. The number of rotatable bonds is 6. The number of hydrogen-bond acceptors (Lipinski definition) is 5. The molecular formula is C18H17ClF3N3O2S. The molecule has 4 rings (SSSR count). The Morgan fingerprint density at radius 3 is 2.75 bits per heavy atom. The number of likely N-dealkylation sites (tertiary alicyclic amines) is 1. The molecule has 1 amide bonds. The second-order valence-corrected chi connectivity index (χ2v) is 8.75. The molecule has 150 valence electrons. The summed E-state index contributed by atoms with van der Waals surface area (Å²) in [6, 6.07) is 5.10. The molecule has 28 heavy (non-hydrogen) atoms. The van der Waals surface area contributed by atoms with E-state index in [-0.39, 0.29) is 5.56 Å². The van der Waals surface area contributed by atoms with Crippen LogP contribution in [-0.2, 0) is 6.54 Å². The number of aromatic nitrogens is 1. The normalized spacial score (nSPS) is 24.1. The van der Waals surface area contributed by atoms with E-state index in [1.165, 1.54) is 29.5 Å². The lowest BCUT2D eigenvalue weighted by Crippen LogP contribution is -2.30. The Labute approximate surface area is 168 Å². The van der Waals surface area contributed by atoms with Gasteiger partial charge in [-0.3, -0.25) is 9.69 Å². The zero-order chi connectivity index (χ0) is 19.9. The average molecular weight is 432 g/mol. The molecule has 10 heteroatoms. The molecule has 5 nitrogen and oxygen atoms in total. The van der Waals surface area contributed by atoms with Crippen LogP contribution in [0.15, 0.2) is 30.5 Å². The zero-order valence-electron chi connectivity index (χ0n) is 14.6. The van der Waals surface area contributed by atoms with Gasteiger partial charge >= 0.3 is 6.36 Å². The molecule has 2 heterocycles. The first-order valence-electron chi connectivity index (χ1n) is 8.75. The first-order chi connectivity index (χ1) is 13.3. The van der Waals surface area contributed by atoms with Gasteiger partial charge in [0.05, 0.1) is 0 Å². The number of ether oxygens (including phenoxy) is 1. The van der Waals surface area contributed by atoms with E-state index in [0.29, 0.717) is 28.8 Å². The fourth-order valence-electron chi connectivity index (χ4n) is 3.89. The third-order valence-corrected chi connectivity index (χ3v) is 6.28. The minimum absolute atomic E-state index is 0.149. The number of piperidine rings is 1. The Morgan fingerprint density at radius 1 is 1.36 bits per heavy atom. The van der Waals surface area contributed by atoms with Gasteiger partial charge in [0.25, 0.3) is 5.91 Å². The Balaban J connectivity index is 1.23. The molecule has 0 radical (unpaired) electrons. The van der Waals surface area contributed by atoms with Crippen LogP contribution >= 0.6 is 22.9 Å². The van der Waals surface area contributed by atoms with E-state index in [1.54, 1.807) is 6.20 Å². The second-order valence-electron chi connectivity index (χ2n) is 7.05. The van der Waals surface area contributed by atoms with Crippen LogP contribution in [0, 0.1) is 17.8 Å². The quantitative estimate of drug-likeness (QED) is 0.755. The predicted octanol–water partition coefficient (Wildman–Crippen LogP) is 3.80. The molecule has 2 unspecified atom stereocenters. The average Bonchev–Trinajstić information content (AvgIpc) is 2.94. The highest BCUT2D eigenvalue weighted by molar-refractivity contribution is 7.15. The van der Waals surface area contributed by atoms with Gasteiger partial charge in [0, 0.05) is 42.8 Å². The number of hydrogen-bond donors (Lipinski definition) is 1. The molecule has 1 saturated heterocycles. The van der Waals surface area contributed by atoms with Crippen molar-refractivity contribution in [2.24, 2.45) is 17.8 Å². The van der Waals surface area contributed by atoms with E-state index in [1.807, 2.05) is 0 Å². The molecule has 1 aliphatic heterocycles. The van der Waals surface area contributed by atoms with Crippen LogP contribution in [0.4, 0.5) is 13.2 Å². The van der Waals surface area contributed by atoms with E-state index in [0.717, 1.165) is 30.6 Å². The lowest BCUT2D eigenvalue weighted by Gasteiger charge is -2.18. The Bertz CT molecular complexity index is 864. The van der Waals surface area contributed by atoms with Crippen LogP contribution in [0.3, 0.4) is 0 Å². The Morgan fingerprint density at radius 2 is 2.11 bits per heavy atom. The summed E-state index contributed by atoms with van der Waals surface area (Å²) in [6.07, 6.45) is -2.98. The van der Waals surface area contributed by atoms with Crippen LogP contribution in [0.25, 0.3) is 0 Å². The van der Waals surface area contributed by atoms with Crippen molar-refractivity contribution in [3.8, 4) is 5.75 Å². The standard InChI is InChI=1S/C18H17ClF3N3O2S/c19-17-24-5-12(28-17)7-25-8-14-13(15(14)9-25)6-23-16(26)10-2-1-3-11(4-10)27-18(20,21)22/h1-5,13-15H,6-9H2,(H,23,26). The third-order valence-electron chi connectivity index (χ3n) is 5.18. The maximum absolute atomic E-state index is 12.3. The van der Waals surface area contributed by atoms with Crippen molar-refractivity contribution >= 4 is 28.8 Å². The fourth-order valence-corrected chi connectivity index (χ4v) is 4.91. The van der Waals surface area contributed by atoms with Crippen LogP contribution in [-0.4, -0.2) is 41.8 Å². The molecule has 2 aromatic rings. The van der Waals surface area contributed by atoms with Gasteiger partial charge < -0.3 is 10.1 Å². The van der Waals surface area contributed by atoms with Crippen LogP contribution in [0.1, 0.15) is 15.2 Å². The topological polar surface area (TPSA) is 54.5 Å². The Hall–Kier alpha value is -1.84. The summed E-state index contributed by atoms with van der Waals surface area (Å²) in [7, 11) is 0. The molecule has 0 bridgehead atoms. The van der Waals surface area contributed by atoms with Crippen molar-refractivity contribution in [1.29, 1.82) is 0 Å². The third kappa shape index (κ3) is 4.59. The summed E-state index contributed by atoms with van der Waals surface area (Å²) >= 11 is 7.34. The fraction of sp³-hybridized carbons (Fsp3) is 0.444. The van der Waals surface area contributed by atoms with Gasteiger partial charge in [0.2, 0.25) is 0 Å². The summed E-state index contributed by atoms with van der Waals surface area (Å²) in [4.78, 5) is 19.8. The minimum Gasteiger partial charge on any atom is -0.406 e. The molecule has 1 N–H and O–H groups in total. The highest BCUT2D eigenvalue weighted by Gasteiger charge is 2.55. The molecule has 1 aliphatic carbocycles. The molecule has 2 fully saturated rings. The second kappa shape index (κ2) is 7.53. The number of alkyl halides is 3. The lowest BCUT2D eigenvalue weighted by molar-refractivity contribution is -0.274. The number of carbonyl (C=O) groups is 1.